The van der Waals surface area contributed by atoms with Crippen LogP contribution < -0.4 is 10.1 Å². The first-order valence-electron chi connectivity index (χ1n) is 8.17. The Morgan fingerprint density at radius 2 is 1.95 bits per heavy atom. The number of nitrogens with one attached hydrogen (secondary N) is 1. The van der Waals surface area contributed by atoms with Gasteiger partial charge in [0, 0.05) is 32.1 Å². The van der Waals surface area contributed by atoms with Crippen LogP contribution in [0.25, 0.3) is 0 Å². The third kappa shape index (κ3) is 3.80. The smallest absolute Gasteiger partial charge is 0.225 e. The number of methoxy groups -OCH3 is 1. The molecule has 1 amide bonds. The monoisotopic (exact) mass is 304 g/mol. The summed E-state index contributed by atoms with van der Waals surface area (Å²) in [6.45, 7) is 9.78. The second-order valence-electron chi connectivity index (χ2n) is 6.19. The van der Waals surface area contributed by atoms with Crippen LogP contribution in [0, 0.1) is 19.8 Å². The van der Waals surface area contributed by atoms with Crippen molar-refractivity contribution in [1.82, 2.24) is 10.2 Å². The Hall–Kier alpha value is -1.55. The van der Waals surface area contributed by atoms with E-state index >= 15 is 0 Å². The van der Waals surface area contributed by atoms with Crippen molar-refractivity contribution < 1.29 is 9.53 Å². The van der Waals surface area contributed by atoms with Crippen LogP contribution >= 0.6 is 0 Å². The van der Waals surface area contributed by atoms with Crippen molar-refractivity contribution in [1.29, 1.82) is 0 Å². The number of nitrogens with zero attached hydrogens (tertiary/aromatic N) is 1. The van der Waals surface area contributed by atoms with E-state index in [9.17, 15) is 4.79 Å². The fourth-order valence-corrected chi connectivity index (χ4v) is 3.04. The normalized spacial score (nSPS) is 16.5. The first kappa shape index (κ1) is 16.8. The second kappa shape index (κ2) is 7.63. The first-order chi connectivity index (χ1) is 10.5. The number of hydrogen-bond acceptors (Lipinski definition) is 3. The topological polar surface area (TPSA) is 41.6 Å². The van der Waals surface area contributed by atoms with E-state index in [4.69, 9.17) is 4.74 Å². The molecule has 1 aromatic rings. The first-order valence-corrected chi connectivity index (χ1v) is 8.17. The summed E-state index contributed by atoms with van der Waals surface area (Å²) < 4.78 is 5.36. The zero-order chi connectivity index (χ0) is 16.1. The molecule has 1 N–H and O–H groups in total. The molecule has 0 bridgehead atoms. The van der Waals surface area contributed by atoms with Crippen molar-refractivity contribution in [3.63, 3.8) is 0 Å². The molecule has 1 atom stereocenters. The van der Waals surface area contributed by atoms with Crippen LogP contribution in [0.2, 0.25) is 0 Å². The summed E-state index contributed by atoms with van der Waals surface area (Å²) in [7, 11) is 1.70. The number of ether oxygens (including phenoxy) is 1. The second-order valence-corrected chi connectivity index (χ2v) is 6.19. The van der Waals surface area contributed by atoms with Gasteiger partial charge in [0.1, 0.15) is 5.75 Å². The molecule has 2 rings (SSSR count). The highest BCUT2D eigenvalue weighted by molar-refractivity contribution is 5.78. The van der Waals surface area contributed by atoms with Crippen LogP contribution in [-0.4, -0.2) is 44.1 Å². The van der Waals surface area contributed by atoms with Gasteiger partial charge in [0.25, 0.3) is 0 Å². The molecule has 4 nitrogen and oxygen atoms in total. The lowest BCUT2D eigenvalue weighted by Crippen LogP contribution is -2.48. The quantitative estimate of drug-likeness (QED) is 0.907. The van der Waals surface area contributed by atoms with Crippen LogP contribution in [0.3, 0.4) is 0 Å². The van der Waals surface area contributed by atoms with E-state index in [-0.39, 0.29) is 5.92 Å². The number of piperazine rings is 1. The lowest BCUT2D eigenvalue weighted by atomic mass is 9.94. The summed E-state index contributed by atoms with van der Waals surface area (Å²) in [5, 5.41) is 3.29. The number of benzene rings is 1. The van der Waals surface area contributed by atoms with Gasteiger partial charge < -0.3 is 15.0 Å². The van der Waals surface area contributed by atoms with E-state index in [0.717, 1.165) is 44.8 Å². The highest BCUT2D eigenvalue weighted by atomic mass is 16.5. The van der Waals surface area contributed by atoms with Crippen LogP contribution in [0.4, 0.5) is 0 Å². The predicted molar refractivity (Wildman–Crippen MR) is 89.4 cm³/mol. The Bertz CT molecular complexity index is 522. The summed E-state index contributed by atoms with van der Waals surface area (Å²) in [5.41, 5.74) is 3.79. The van der Waals surface area contributed by atoms with Crippen molar-refractivity contribution in [3.05, 3.63) is 28.8 Å². The zero-order valence-electron chi connectivity index (χ0n) is 14.2. The molecule has 0 aliphatic carbocycles. The highest BCUT2D eigenvalue weighted by Gasteiger charge is 2.22. The minimum Gasteiger partial charge on any atom is -0.496 e. The van der Waals surface area contributed by atoms with Crippen LogP contribution in [0.15, 0.2) is 12.1 Å². The third-order valence-electron chi connectivity index (χ3n) is 4.77. The maximum Gasteiger partial charge on any atom is 0.225 e. The molecular weight excluding hydrogens is 276 g/mol. The molecule has 0 aromatic heterocycles. The maximum atomic E-state index is 12.4. The Morgan fingerprint density at radius 1 is 1.27 bits per heavy atom. The number of aryl methyl sites for hydroxylation is 1. The molecule has 4 heteroatoms. The van der Waals surface area contributed by atoms with Gasteiger partial charge in [0.05, 0.1) is 7.11 Å². The van der Waals surface area contributed by atoms with Gasteiger partial charge in [-0.2, -0.15) is 0 Å². The molecule has 122 valence electrons. The Kier molecular flexibility index (Phi) is 5.83. The summed E-state index contributed by atoms with van der Waals surface area (Å²) >= 11 is 0. The van der Waals surface area contributed by atoms with Gasteiger partial charge >= 0.3 is 0 Å². The largest absolute Gasteiger partial charge is 0.496 e. The fraction of sp³-hybridized carbons (Fsp3) is 0.611. The van der Waals surface area contributed by atoms with Gasteiger partial charge in [-0.15, -0.1) is 0 Å². The standard InChI is InChI=1S/C18H28N2O2/c1-13(18(21)20-11-9-19-10-12-20)5-6-16-7-8-17(22-4)15(3)14(16)2/h7-8,13,19H,5-6,9-12H2,1-4H3. The van der Waals surface area contributed by atoms with E-state index in [0.29, 0.717) is 5.91 Å². The molecule has 0 saturated carbocycles. The number of rotatable bonds is 5. The average molecular weight is 304 g/mol. The summed E-state index contributed by atoms with van der Waals surface area (Å²) in [6.07, 6.45) is 1.84. The minimum atomic E-state index is 0.0832. The van der Waals surface area contributed by atoms with E-state index in [2.05, 4.69) is 32.2 Å². The number of carbonyl (C=O) groups excluding carboxylic acids is 1. The van der Waals surface area contributed by atoms with Crippen molar-refractivity contribution in [3.8, 4) is 5.75 Å². The number of amides is 1. The molecule has 0 spiro atoms. The molecule has 1 saturated heterocycles. The molecule has 1 aliphatic rings. The zero-order valence-corrected chi connectivity index (χ0v) is 14.2. The van der Waals surface area contributed by atoms with E-state index in [1.165, 1.54) is 16.7 Å². The minimum absolute atomic E-state index is 0.0832. The van der Waals surface area contributed by atoms with Crippen molar-refractivity contribution >= 4 is 5.91 Å². The van der Waals surface area contributed by atoms with Crippen molar-refractivity contribution in [2.45, 2.75) is 33.6 Å². The van der Waals surface area contributed by atoms with Crippen molar-refractivity contribution in [2.24, 2.45) is 5.92 Å². The van der Waals surface area contributed by atoms with Crippen LogP contribution in [0.5, 0.6) is 5.75 Å². The molecule has 22 heavy (non-hydrogen) atoms. The number of carbonyl (C=O) groups is 1. The molecular formula is C18H28N2O2. The summed E-state index contributed by atoms with van der Waals surface area (Å²) in [5.74, 6) is 1.32. The van der Waals surface area contributed by atoms with Gasteiger partial charge in [-0.25, -0.2) is 0 Å². The van der Waals surface area contributed by atoms with Crippen molar-refractivity contribution in [2.75, 3.05) is 33.3 Å². The maximum absolute atomic E-state index is 12.4. The predicted octanol–water partition coefficient (Wildman–Crippen LogP) is 2.31. The number of hydrogen-bond donors (Lipinski definition) is 1. The SMILES string of the molecule is COc1ccc(CCC(C)C(=O)N2CCNCC2)c(C)c1C. The Balaban J connectivity index is 1.94. The lowest BCUT2D eigenvalue weighted by Gasteiger charge is -2.30. The third-order valence-corrected chi connectivity index (χ3v) is 4.77. The fourth-order valence-electron chi connectivity index (χ4n) is 3.04. The Morgan fingerprint density at radius 3 is 2.59 bits per heavy atom. The van der Waals surface area contributed by atoms with Gasteiger partial charge in [-0.3, -0.25) is 4.79 Å². The molecule has 1 unspecified atom stereocenters. The van der Waals surface area contributed by atoms with E-state index in [1.807, 2.05) is 11.0 Å². The van der Waals surface area contributed by atoms with Gasteiger partial charge in [-0.05, 0) is 49.4 Å². The average Bonchev–Trinajstić information content (AvgIpc) is 2.56. The molecule has 1 heterocycles. The van der Waals surface area contributed by atoms with Crippen LogP contribution in [0.1, 0.15) is 30.0 Å². The van der Waals surface area contributed by atoms with E-state index < -0.39 is 0 Å². The molecule has 1 aliphatic heterocycles. The van der Waals surface area contributed by atoms with Gasteiger partial charge in [0.15, 0.2) is 0 Å². The van der Waals surface area contributed by atoms with Crippen LogP contribution in [-0.2, 0) is 11.2 Å². The summed E-state index contributed by atoms with van der Waals surface area (Å²) in [4.78, 5) is 14.4. The summed E-state index contributed by atoms with van der Waals surface area (Å²) in [6, 6.07) is 4.16. The van der Waals surface area contributed by atoms with Gasteiger partial charge in [0.2, 0.25) is 5.91 Å². The highest BCUT2D eigenvalue weighted by Crippen LogP contribution is 2.25. The molecule has 1 aromatic carbocycles. The Labute approximate surface area is 133 Å². The molecule has 0 radical (unpaired) electrons. The van der Waals surface area contributed by atoms with E-state index in [1.54, 1.807) is 7.11 Å². The van der Waals surface area contributed by atoms with Gasteiger partial charge in [-0.1, -0.05) is 13.0 Å². The molecule has 1 fully saturated rings. The lowest BCUT2D eigenvalue weighted by molar-refractivity contribution is -0.135.